The van der Waals surface area contributed by atoms with Gasteiger partial charge in [-0.1, -0.05) is 83.9 Å². The summed E-state index contributed by atoms with van der Waals surface area (Å²) in [6, 6.07) is 36.2. The zero-order chi connectivity index (χ0) is 26.8. The fourth-order valence-electron chi connectivity index (χ4n) is 4.16. The minimum Gasteiger partial charge on any atom is -0.382 e. The summed E-state index contributed by atoms with van der Waals surface area (Å²) in [4.78, 5) is 0. The van der Waals surface area contributed by atoms with E-state index in [1.807, 2.05) is 103 Å². The van der Waals surface area contributed by atoms with Crippen LogP contribution in [0.1, 0.15) is 0 Å². The molecular weight excluding hydrogens is 529 g/mol. The number of hydrogen-bond donors (Lipinski definition) is 1. The second-order valence-corrected chi connectivity index (χ2v) is 9.55. The molecule has 0 aliphatic carbocycles. The van der Waals surface area contributed by atoms with Gasteiger partial charge in [-0.15, -0.1) is 10.2 Å². The van der Waals surface area contributed by atoms with Gasteiger partial charge in [-0.05, 0) is 48.5 Å². The average molecular weight is 550 g/mol. The van der Waals surface area contributed by atoms with Gasteiger partial charge in [0.1, 0.15) is 5.69 Å². The van der Waals surface area contributed by atoms with Crippen LogP contribution in [0.3, 0.4) is 0 Å². The Balaban J connectivity index is 1.49. The lowest BCUT2D eigenvalue weighted by Gasteiger charge is -2.04. The van der Waals surface area contributed by atoms with Crippen LogP contribution in [0.2, 0.25) is 10.0 Å². The van der Waals surface area contributed by atoms with Crippen LogP contribution in [0.4, 0.5) is 17.3 Å². The lowest BCUT2D eigenvalue weighted by Crippen LogP contribution is -2.01. The summed E-state index contributed by atoms with van der Waals surface area (Å²) in [7, 11) is 0. The van der Waals surface area contributed by atoms with Gasteiger partial charge < -0.3 is 5.73 Å². The van der Waals surface area contributed by atoms with E-state index in [4.69, 9.17) is 39.1 Å². The Morgan fingerprint density at radius 3 is 1.72 bits per heavy atom. The quantitative estimate of drug-likeness (QED) is 0.211. The number of anilines is 1. The fraction of sp³-hybridized carbons (Fsp3) is 0. The van der Waals surface area contributed by atoms with E-state index in [-0.39, 0.29) is 0 Å². The number of rotatable bonds is 6. The summed E-state index contributed by atoms with van der Waals surface area (Å²) in [5.74, 6) is 0.870. The monoisotopic (exact) mass is 549 g/mol. The van der Waals surface area contributed by atoms with Crippen molar-refractivity contribution in [3.63, 3.8) is 0 Å². The maximum atomic E-state index is 6.61. The molecule has 0 aliphatic rings. The maximum Gasteiger partial charge on any atom is 0.178 e. The van der Waals surface area contributed by atoms with Crippen molar-refractivity contribution >= 4 is 40.5 Å². The molecule has 6 aromatic rings. The van der Waals surface area contributed by atoms with Gasteiger partial charge in [-0.25, -0.2) is 9.36 Å². The second-order valence-electron chi connectivity index (χ2n) is 8.68. The SMILES string of the molecule is Nc1c(N=Nc2cc(-c3ccccc3)nn2-c2ccc(Cl)cc2)c(-c2ccccc2)nn1-c1ccc(Cl)cc1. The molecule has 7 nitrogen and oxygen atoms in total. The molecule has 0 amide bonds. The van der Waals surface area contributed by atoms with Gasteiger partial charge in [-0.3, -0.25) is 0 Å². The van der Waals surface area contributed by atoms with Crippen molar-refractivity contribution in [1.29, 1.82) is 0 Å². The molecule has 2 heterocycles. The molecule has 39 heavy (non-hydrogen) atoms. The van der Waals surface area contributed by atoms with Crippen molar-refractivity contribution in [1.82, 2.24) is 19.6 Å². The van der Waals surface area contributed by atoms with Crippen LogP contribution >= 0.6 is 23.2 Å². The van der Waals surface area contributed by atoms with E-state index >= 15 is 0 Å². The zero-order valence-corrected chi connectivity index (χ0v) is 22.0. The molecular formula is C30H21Cl2N7. The topological polar surface area (TPSA) is 86.4 Å². The first-order valence-corrected chi connectivity index (χ1v) is 12.9. The van der Waals surface area contributed by atoms with E-state index in [1.165, 1.54) is 0 Å². The first-order valence-electron chi connectivity index (χ1n) is 12.1. The number of hydrogen-bond acceptors (Lipinski definition) is 5. The highest BCUT2D eigenvalue weighted by atomic mass is 35.5. The van der Waals surface area contributed by atoms with Gasteiger partial charge in [0, 0.05) is 27.2 Å². The maximum absolute atomic E-state index is 6.61. The number of nitrogens with two attached hydrogens (primary N) is 1. The Morgan fingerprint density at radius 2 is 1.13 bits per heavy atom. The van der Waals surface area contributed by atoms with Crippen molar-refractivity contribution in [2.45, 2.75) is 0 Å². The van der Waals surface area contributed by atoms with Crippen molar-refractivity contribution in [3.8, 4) is 33.9 Å². The van der Waals surface area contributed by atoms with Crippen molar-refractivity contribution in [2.75, 3.05) is 5.73 Å². The Labute approximate surface area is 234 Å². The minimum absolute atomic E-state index is 0.348. The van der Waals surface area contributed by atoms with E-state index in [9.17, 15) is 0 Å². The molecule has 0 saturated carbocycles. The standard InChI is InChI=1S/C30H21Cl2N7/c31-22-11-15-24(16-12-22)38-27(19-26(36-38)20-7-3-1-4-8-20)34-35-29-28(21-9-5-2-6-10-21)37-39(30(29)33)25-17-13-23(32)14-18-25/h1-19H,33H2. The molecule has 2 N–H and O–H groups in total. The summed E-state index contributed by atoms with van der Waals surface area (Å²) in [5, 5.41) is 20.1. The van der Waals surface area contributed by atoms with Crippen molar-refractivity contribution < 1.29 is 0 Å². The van der Waals surface area contributed by atoms with Gasteiger partial charge >= 0.3 is 0 Å². The third kappa shape index (κ3) is 5.05. The summed E-state index contributed by atoms with van der Waals surface area (Å²) < 4.78 is 3.36. The van der Waals surface area contributed by atoms with Crippen LogP contribution in [0, 0.1) is 0 Å². The van der Waals surface area contributed by atoms with Gasteiger partial charge in [0.25, 0.3) is 0 Å². The largest absolute Gasteiger partial charge is 0.382 e. The van der Waals surface area contributed by atoms with Gasteiger partial charge in [-0.2, -0.15) is 10.2 Å². The lowest BCUT2D eigenvalue weighted by molar-refractivity contribution is 0.873. The van der Waals surface area contributed by atoms with Crippen LogP contribution in [0.25, 0.3) is 33.9 Å². The molecule has 0 aliphatic heterocycles. The van der Waals surface area contributed by atoms with E-state index in [0.717, 1.165) is 28.2 Å². The molecule has 6 rings (SSSR count). The average Bonchev–Trinajstić information content (AvgIpc) is 3.55. The van der Waals surface area contributed by atoms with E-state index < -0.39 is 0 Å². The van der Waals surface area contributed by atoms with E-state index in [1.54, 1.807) is 21.5 Å². The first kappa shape index (κ1) is 24.6. The smallest absolute Gasteiger partial charge is 0.178 e. The van der Waals surface area contributed by atoms with Crippen molar-refractivity contribution in [2.24, 2.45) is 10.2 Å². The molecule has 0 fully saturated rings. The third-order valence-electron chi connectivity index (χ3n) is 6.10. The van der Waals surface area contributed by atoms with Crippen LogP contribution in [0.15, 0.2) is 125 Å². The molecule has 9 heteroatoms. The molecule has 0 saturated heterocycles. The normalized spacial score (nSPS) is 11.3. The van der Waals surface area contributed by atoms with Crippen LogP contribution in [-0.4, -0.2) is 19.6 Å². The Hall–Kier alpha value is -4.72. The van der Waals surface area contributed by atoms with Crippen LogP contribution < -0.4 is 5.73 Å². The highest BCUT2D eigenvalue weighted by Crippen LogP contribution is 2.38. The molecule has 0 bridgehead atoms. The van der Waals surface area contributed by atoms with Gasteiger partial charge in [0.15, 0.2) is 17.3 Å². The lowest BCUT2D eigenvalue weighted by atomic mass is 10.1. The number of nitrogens with zero attached hydrogens (tertiary/aromatic N) is 6. The molecule has 2 aromatic heterocycles. The summed E-state index contributed by atoms with van der Waals surface area (Å²) in [5.41, 5.74) is 11.8. The summed E-state index contributed by atoms with van der Waals surface area (Å²) >= 11 is 12.2. The molecule has 190 valence electrons. The van der Waals surface area contributed by atoms with Gasteiger partial charge in [0.2, 0.25) is 0 Å². The van der Waals surface area contributed by atoms with E-state index in [2.05, 4.69) is 10.2 Å². The number of benzene rings is 4. The van der Waals surface area contributed by atoms with Crippen LogP contribution in [-0.2, 0) is 0 Å². The summed E-state index contributed by atoms with van der Waals surface area (Å²) in [6.07, 6.45) is 0. The van der Waals surface area contributed by atoms with E-state index in [0.29, 0.717) is 33.1 Å². The van der Waals surface area contributed by atoms with Crippen molar-refractivity contribution in [3.05, 3.63) is 125 Å². The Morgan fingerprint density at radius 1 is 0.590 bits per heavy atom. The fourth-order valence-corrected chi connectivity index (χ4v) is 4.41. The predicted octanol–water partition coefficient (Wildman–Crippen LogP) is 8.70. The number of nitrogen functional groups attached to an aromatic ring is 1. The molecule has 0 unspecified atom stereocenters. The Kier molecular flexibility index (Phi) is 6.67. The van der Waals surface area contributed by atoms with Gasteiger partial charge in [0.05, 0.1) is 17.1 Å². The third-order valence-corrected chi connectivity index (χ3v) is 6.60. The van der Waals surface area contributed by atoms with Crippen LogP contribution in [0.5, 0.6) is 0 Å². The molecule has 4 aromatic carbocycles. The highest BCUT2D eigenvalue weighted by Gasteiger charge is 2.19. The Bertz CT molecular complexity index is 1760. The molecule has 0 radical (unpaired) electrons. The zero-order valence-electron chi connectivity index (χ0n) is 20.5. The number of halogens is 2. The first-order chi connectivity index (χ1) is 19.1. The molecule has 0 atom stereocenters. The number of aromatic nitrogens is 4. The second kappa shape index (κ2) is 10.6. The highest BCUT2D eigenvalue weighted by molar-refractivity contribution is 6.30. The number of azo groups is 1. The predicted molar refractivity (Wildman–Crippen MR) is 157 cm³/mol. The minimum atomic E-state index is 0.348. The molecule has 0 spiro atoms. The summed E-state index contributed by atoms with van der Waals surface area (Å²) in [6.45, 7) is 0.